The molecule has 1 atom stereocenters. The molecule has 0 aromatic heterocycles. The Morgan fingerprint density at radius 3 is 2.22 bits per heavy atom. The predicted molar refractivity (Wildman–Crippen MR) is 85.5 cm³/mol. The van der Waals surface area contributed by atoms with Crippen molar-refractivity contribution in [2.24, 2.45) is 5.41 Å². The number of nitrogens with one attached hydrogen (secondary N) is 1. The van der Waals surface area contributed by atoms with E-state index < -0.39 is 29.0 Å². The van der Waals surface area contributed by atoms with Crippen LogP contribution in [0.2, 0.25) is 0 Å². The summed E-state index contributed by atoms with van der Waals surface area (Å²) in [5.74, 6) is -2.27. The van der Waals surface area contributed by atoms with E-state index in [0.717, 1.165) is 6.08 Å². The molecule has 0 aromatic rings. The number of amides is 1. The zero-order valence-electron chi connectivity index (χ0n) is 15.0. The normalized spacial score (nSPS) is 21.5. The van der Waals surface area contributed by atoms with Crippen molar-refractivity contribution in [1.29, 1.82) is 0 Å². The highest BCUT2D eigenvalue weighted by Gasteiger charge is 2.57. The van der Waals surface area contributed by atoms with Crippen LogP contribution in [0, 0.1) is 5.41 Å². The average Bonchev–Trinajstić information content (AvgIpc) is 2.61. The maximum atomic E-state index is 12.8. The van der Waals surface area contributed by atoms with Crippen LogP contribution in [0.3, 0.4) is 0 Å². The van der Waals surface area contributed by atoms with Gasteiger partial charge < -0.3 is 14.8 Å². The highest BCUT2D eigenvalue weighted by Crippen LogP contribution is 2.32. The molecule has 1 heterocycles. The van der Waals surface area contributed by atoms with Gasteiger partial charge >= 0.3 is 17.5 Å². The lowest BCUT2D eigenvalue weighted by Crippen LogP contribution is -2.60. The molecule has 1 aliphatic rings. The van der Waals surface area contributed by atoms with Crippen LogP contribution in [0.15, 0.2) is 11.6 Å². The van der Waals surface area contributed by atoms with Crippen LogP contribution in [-0.2, 0) is 23.9 Å². The average molecular weight is 325 g/mol. The fourth-order valence-corrected chi connectivity index (χ4v) is 3.06. The molecule has 6 heteroatoms. The van der Waals surface area contributed by atoms with Crippen molar-refractivity contribution < 1.29 is 23.9 Å². The number of hydrogen-bond donors (Lipinski definition) is 1. The van der Waals surface area contributed by atoms with Crippen molar-refractivity contribution in [3.05, 3.63) is 11.6 Å². The van der Waals surface area contributed by atoms with E-state index in [1.54, 1.807) is 6.92 Å². The fourth-order valence-electron chi connectivity index (χ4n) is 3.06. The van der Waals surface area contributed by atoms with Crippen LogP contribution in [0.25, 0.3) is 0 Å². The first-order valence-electron chi connectivity index (χ1n) is 7.75. The molecule has 1 amide bonds. The number of carbonyl (C=O) groups excluding carboxylic acids is 3. The molecule has 0 fully saturated rings. The maximum Gasteiger partial charge on any atom is 0.365 e. The molecular weight excluding hydrogens is 298 g/mol. The molecule has 23 heavy (non-hydrogen) atoms. The lowest BCUT2D eigenvalue weighted by Gasteiger charge is -2.36. The third-order valence-corrected chi connectivity index (χ3v) is 3.45. The van der Waals surface area contributed by atoms with Gasteiger partial charge in [-0.05, 0) is 45.1 Å². The minimum Gasteiger partial charge on any atom is -0.462 e. The molecule has 6 nitrogen and oxygen atoms in total. The van der Waals surface area contributed by atoms with Gasteiger partial charge in [0, 0.05) is 11.6 Å². The highest BCUT2D eigenvalue weighted by atomic mass is 16.6. The zero-order chi connectivity index (χ0) is 18.1. The number of carbonyl (C=O) groups is 3. The van der Waals surface area contributed by atoms with Crippen LogP contribution in [0.5, 0.6) is 0 Å². The third kappa shape index (κ3) is 4.33. The summed E-state index contributed by atoms with van der Waals surface area (Å²) in [4.78, 5) is 36.7. The van der Waals surface area contributed by atoms with Crippen molar-refractivity contribution >= 4 is 17.8 Å². The van der Waals surface area contributed by atoms with Gasteiger partial charge in [-0.15, -0.1) is 0 Å². The van der Waals surface area contributed by atoms with Gasteiger partial charge in [0.05, 0.1) is 6.61 Å². The number of esters is 2. The molecule has 0 aromatic carbocycles. The van der Waals surface area contributed by atoms with Gasteiger partial charge in [-0.3, -0.25) is 4.79 Å². The van der Waals surface area contributed by atoms with Crippen LogP contribution in [0.4, 0.5) is 0 Å². The van der Waals surface area contributed by atoms with E-state index >= 15 is 0 Å². The Kier molecular flexibility index (Phi) is 5.29. The minimum atomic E-state index is -2.03. The summed E-state index contributed by atoms with van der Waals surface area (Å²) >= 11 is 0. The van der Waals surface area contributed by atoms with E-state index in [9.17, 15) is 14.4 Å². The van der Waals surface area contributed by atoms with Crippen molar-refractivity contribution in [2.75, 3.05) is 6.61 Å². The van der Waals surface area contributed by atoms with Crippen molar-refractivity contribution in [3.63, 3.8) is 0 Å². The standard InChI is InChI=1S/C17H27NO5/c1-8-22-14(21)17(11(2)9-12(19)23-17)13(20)18-16(6,7)10-15(3,4)5/h9H,8,10H2,1-7H3,(H,18,20). The molecule has 1 unspecified atom stereocenters. The molecule has 0 bridgehead atoms. The second-order valence-electron chi connectivity index (χ2n) is 7.73. The second-order valence-corrected chi connectivity index (χ2v) is 7.73. The highest BCUT2D eigenvalue weighted by molar-refractivity contribution is 6.14. The van der Waals surface area contributed by atoms with Gasteiger partial charge in [-0.2, -0.15) is 0 Å². The third-order valence-electron chi connectivity index (χ3n) is 3.45. The Hall–Kier alpha value is -1.85. The largest absolute Gasteiger partial charge is 0.462 e. The lowest BCUT2D eigenvalue weighted by atomic mass is 9.81. The first-order valence-corrected chi connectivity index (χ1v) is 7.75. The van der Waals surface area contributed by atoms with Gasteiger partial charge in [0.2, 0.25) is 0 Å². The van der Waals surface area contributed by atoms with Crippen LogP contribution >= 0.6 is 0 Å². The molecule has 1 rings (SSSR count). The van der Waals surface area contributed by atoms with E-state index in [2.05, 4.69) is 26.1 Å². The number of hydrogen-bond acceptors (Lipinski definition) is 5. The monoisotopic (exact) mass is 325 g/mol. The van der Waals surface area contributed by atoms with Crippen molar-refractivity contribution in [3.8, 4) is 0 Å². The molecule has 1 aliphatic heterocycles. The topological polar surface area (TPSA) is 81.7 Å². The molecule has 130 valence electrons. The van der Waals surface area contributed by atoms with E-state index in [1.807, 2.05) is 13.8 Å². The first-order chi connectivity index (χ1) is 10.3. The Morgan fingerprint density at radius 2 is 1.83 bits per heavy atom. The first kappa shape index (κ1) is 19.2. The van der Waals surface area contributed by atoms with E-state index in [1.165, 1.54) is 6.92 Å². The molecule has 0 radical (unpaired) electrons. The summed E-state index contributed by atoms with van der Waals surface area (Å²) in [6, 6.07) is 0. The van der Waals surface area contributed by atoms with Crippen LogP contribution < -0.4 is 5.32 Å². The molecular formula is C17H27NO5. The number of cyclic esters (lactones) is 1. The molecule has 0 spiro atoms. The summed E-state index contributed by atoms with van der Waals surface area (Å²) in [5, 5.41) is 2.83. The number of ether oxygens (including phenoxy) is 2. The smallest absolute Gasteiger partial charge is 0.365 e. The lowest BCUT2D eigenvalue weighted by molar-refractivity contribution is -0.177. The fraction of sp³-hybridized carbons (Fsp3) is 0.706. The van der Waals surface area contributed by atoms with Gasteiger partial charge in [-0.25, -0.2) is 9.59 Å². The summed E-state index contributed by atoms with van der Waals surface area (Å²) < 4.78 is 10.1. The maximum absolute atomic E-state index is 12.8. The van der Waals surface area contributed by atoms with Gasteiger partial charge in [0.15, 0.2) is 0 Å². The number of rotatable bonds is 5. The van der Waals surface area contributed by atoms with Gasteiger partial charge in [0.1, 0.15) is 0 Å². The molecule has 0 saturated carbocycles. The van der Waals surface area contributed by atoms with E-state index in [4.69, 9.17) is 9.47 Å². The Morgan fingerprint density at radius 1 is 1.26 bits per heavy atom. The second kappa shape index (κ2) is 6.34. The van der Waals surface area contributed by atoms with Crippen LogP contribution in [0.1, 0.15) is 54.9 Å². The Balaban J connectivity index is 3.10. The van der Waals surface area contributed by atoms with Crippen molar-refractivity contribution in [2.45, 2.75) is 66.0 Å². The summed E-state index contributed by atoms with van der Waals surface area (Å²) in [6.07, 6.45) is 1.83. The Bertz CT molecular complexity index is 542. The van der Waals surface area contributed by atoms with E-state index in [0.29, 0.717) is 6.42 Å². The summed E-state index contributed by atoms with van der Waals surface area (Å²) in [7, 11) is 0. The Labute approximate surface area is 137 Å². The summed E-state index contributed by atoms with van der Waals surface area (Å²) in [6.45, 7) is 13.1. The molecule has 0 saturated heterocycles. The quantitative estimate of drug-likeness (QED) is 0.618. The predicted octanol–water partition coefficient (Wildman–Crippen LogP) is 2.12. The SMILES string of the molecule is CCOC(=O)C1(C(=O)NC(C)(C)CC(C)(C)C)OC(=O)C=C1C. The van der Waals surface area contributed by atoms with Gasteiger partial charge in [0.25, 0.3) is 5.91 Å². The van der Waals surface area contributed by atoms with Crippen LogP contribution in [-0.4, -0.2) is 35.6 Å². The minimum absolute atomic E-state index is 0.0227. The van der Waals surface area contributed by atoms with Crippen molar-refractivity contribution in [1.82, 2.24) is 5.32 Å². The van der Waals surface area contributed by atoms with E-state index in [-0.39, 0.29) is 17.6 Å². The summed E-state index contributed by atoms with van der Waals surface area (Å²) in [5.41, 5.74) is -2.40. The molecule has 1 N–H and O–H groups in total. The van der Waals surface area contributed by atoms with Gasteiger partial charge in [-0.1, -0.05) is 20.8 Å². The molecule has 0 aliphatic carbocycles. The zero-order valence-corrected chi connectivity index (χ0v) is 15.0.